The lowest BCUT2D eigenvalue weighted by atomic mass is 9.46. The predicted octanol–water partition coefficient (Wildman–Crippen LogP) is 5.21. The normalized spacial score (nSPS) is 62.4. The number of fused-ring (bicyclic) bond motifs is 1. The van der Waals surface area contributed by atoms with Crippen LogP contribution in [0.3, 0.4) is 0 Å². The molecular weight excluding hydrogens is 268 g/mol. The van der Waals surface area contributed by atoms with Crippen molar-refractivity contribution in [2.24, 2.45) is 40.4 Å². The second kappa shape index (κ2) is 4.41. The highest BCUT2D eigenvalue weighted by Gasteiger charge is 2.61. The van der Waals surface area contributed by atoms with Crippen LogP contribution in [0.1, 0.15) is 65.7 Å². The van der Waals surface area contributed by atoms with Gasteiger partial charge in [0, 0.05) is 0 Å². The molecule has 3 saturated heterocycles. The molecule has 1 nitrogen and oxygen atoms in total. The Morgan fingerprint density at radius 1 is 0.955 bits per heavy atom. The van der Waals surface area contributed by atoms with Gasteiger partial charge in [-0.05, 0) is 92.3 Å². The Kier molecular flexibility index (Phi) is 2.82. The van der Waals surface area contributed by atoms with Crippen molar-refractivity contribution in [3.63, 3.8) is 0 Å². The van der Waals surface area contributed by atoms with E-state index in [0.717, 1.165) is 29.6 Å². The number of allylic oxidation sites excluding steroid dienone is 1. The zero-order valence-electron chi connectivity index (χ0n) is 14.6. The number of hydrogen-bond donors (Lipinski definition) is 0. The Hall–Kier alpha value is -0.300. The molecule has 0 N–H and O–H groups in total. The van der Waals surface area contributed by atoms with Gasteiger partial charge >= 0.3 is 0 Å². The summed E-state index contributed by atoms with van der Waals surface area (Å²) >= 11 is 0. The maximum atomic E-state index is 6.62. The summed E-state index contributed by atoms with van der Waals surface area (Å²) in [6.07, 6.45) is 16.0. The molecule has 5 aliphatic heterocycles. The summed E-state index contributed by atoms with van der Waals surface area (Å²) < 4.78 is 6.62. The molecule has 4 aliphatic carbocycles. The van der Waals surface area contributed by atoms with Gasteiger partial charge in [-0.15, -0.1) is 0 Å². The number of hydrogen-bond acceptors (Lipinski definition) is 1. The summed E-state index contributed by atoms with van der Waals surface area (Å²) in [5, 5.41) is 0. The van der Waals surface area contributed by atoms with Crippen molar-refractivity contribution in [3.05, 3.63) is 12.2 Å². The van der Waals surface area contributed by atoms with E-state index in [-0.39, 0.29) is 0 Å². The lowest BCUT2D eigenvalue weighted by Gasteiger charge is -2.59. The van der Waals surface area contributed by atoms with Crippen LogP contribution in [0.4, 0.5) is 0 Å². The Labute approximate surface area is 135 Å². The third-order valence-electron chi connectivity index (χ3n) is 9.18. The minimum Gasteiger partial charge on any atom is -0.371 e. The molecular formula is C21H32O. The van der Waals surface area contributed by atoms with Gasteiger partial charge in [-0.1, -0.05) is 26.0 Å². The summed E-state index contributed by atoms with van der Waals surface area (Å²) in [6, 6.07) is 0. The summed E-state index contributed by atoms with van der Waals surface area (Å²) in [6.45, 7) is 7.61. The molecule has 6 fully saturated rings. The summed E-state index contributed by atoms with van der Waals surface area (Å²) in [5.74, 6) is 4.60. The van der Waals surface area contributed by atoms with Crippen molar-refractivity contribution < 1.29 is 4.74 Å². The van der Waals surface area contributed by atoms with Gasteiger partial charge in [-0.25, -0.2) is 0 Å². The fraction of sp³-hybridized carbons (Fsp3) is 0.905. The highest BCUT2D eigenvalue weighted by atomic mass is 16.5. The third kappa shape index (κ3) is 1.60. The Morgan fingerprint density at radius 2 is 1.77 bits per heavy atom. The van der Waals surface area contributed by atoms with E-state index >= 15 is 0 Å². The predicted molar refractivity (Wildman–Crippen MR) is 89.5 cm³/mol. The topological polar surface area (TPSA) is 9.23 Å². The molecule has 0 aromatic rings. The summed E-state index contributed by atoms with van der Waals surface area (Å²) in [7, 11) is 0. The summed E-state index contributed by atoms with van der Waals surface area (Å²) in [4.78, 5) is 0. The first kappa shape index (κ1) is 14.1. The fourth-order valence-corrected chi connectivity index (χ4v) is 8.06. The van der Waals surface area contributed by atoms with E-state index in [9.17, 15) is 0 Å². The van der Waals surface area contributed by atoms with Crippen LogP contribution in [-0.2, 0) is 4.74 Å². The molecule has 1 heteroatoms. The molecule has 0 aromatic heterocycles. The quantitative estimate of drug-likeness (QED) is 0.558. The van der Waals surface area contributed by atoms with Crippen LogP contribution in [0.15, 0.2) is 12.2 Å². The van der Waals surface area contributed by atoms with Gasteiger partial charge in [0.25, 0.3) is 0 Å². The highest BCUT2D eigenvalue weighted by molar-refractivity contribution is 5.18. The van der Waals surface area contributed by atoms with Crippen molar-refractivity contribution in [3.8, 4) is 0 Å². The standard InChI is InChI=1S/C21H32O/c1-13-17-6-7-18-16-5-4-14-12-15(22-13)8-10-20(14,2)19(16)9-11-21(17,18)3/h8,10,13-19H,4-7,9,11-12H2,1-3H3/t13?,14?,15?,16-,17-,18-,19?,20+,21-/m1/s1. The fourth-order valence-electron chi connectivity index (χ4n) is 8.06. The van der Waals surface area contributed by atoms with Crippen LogP contribution < -0.4 is 0 Å². The van der Waals surface area contributed by atoms with Crippen LogP contribution in [-0.4, -0.2) is 12.2 Å². The van der Waals surface area contributed by atoms with Crippen LogP contribution in [0.2, 0.25) is 0 Å². The Morgan fingerprint density at radius 3 is 2.64 bits per heavy atom. The molecule has 0 radical (unpaired) electrons. The third-order valence-corrected chi connectivity index (χ3v) is 9.18. The van der Waals surface area contributed by atoms with Gasteiger partial charge in [-0.3, -0.25) is 0 Å². The average Bonchev–Trinajstić information content (AvgIpc) is 2.82. The maximum Gasteiger partial charge on any atom is 0.0762 e. The van der Waals surface area contributed by atoms with Crippen molar-refractivity contribution in [2.75, 3.05) is 0 Å². The highest BCUT2D eigenvalue weighted by Crippen LogP contribution is 2.67. The molecule has 22 heavy (non-hydrogen) atoms. The zero-order chi connectivity index (χ0) is 15.1. The van der Waals surface area contributed by atoms with Crippen molar-refractivity contribution in [1.82, 2.24) is 0 Å². The van der Waals surface area contributed by atoms with Crippen molar-refractivity contribution in [2.45, 2.75) is 77.9 Å². The molecule has 9 aliphatic rings. The molecule has 8 bridgehead atoms. The van der Waals surface area contributed by atoms with Crippen LogP contribution >= 0.6 is 0 Å². The van der Waals surface area contributed by atoms with Gasteiger partial charge in [0.05, 0.1) is 12.2 Å². The van der Waals surface area contributed by atoms with E-state index in [4.69, 9.17) is 4.74 Å². The first-order valence-electron chi connectivity index (χ1n) is 9.87. The van der Waals surface area contributed by atoms with E-state index in [1.807, 2.05) is 0 Å². The van der Waals surface area contributed by atoms with Gasteiger partial charge in [0.2, 0.25) is 0 Å². The van der Waals surface area contributed by atoms with Gasteiger partial charge in [0.1, 0.15) is 0 Å². The number of ether oxygens (including phenoxy) is 1. The lowest BCUT2D eigenvalue weighted by molar-refractivity contribution is -0.0799. The second-order valence-electron chi connectivity index (χ2n) is 9.72. The average molecular weight is 300 g/mol. The molecule has 5 heterocycles. The zero-order valence-corrected chi connectivity index (χ0v) is 14.6. The Balaban J connectivity index is 1.67. The molecule has 9 atom stereocenters. The minimum absolute atomic E-state index is 0.393. The molecule has 3 saturated carbocycles. The first-order chi connectivity index (χ1) is 10.5. The van der Waals surface area contributed by atoms with Crippen LogP contribution in [0.25, 0.3) is 0 Å². The van der Waals surface area contributed by atoms with E-state index in [0.29, 0.717) is 23.0 Å². The summed E-state index contributed by atoms with van der Waals surface area (Å²) in [5.41, 5.74) is 1.03. The van der Waals surface area contributed by atoms with Gasteiger partial charge < -0.3 is 4.74 Å². The lowest BCUT2D eigenvalue weighted by Crippen LogP contribution is -2.52. The van der Waals surface area contributed by atoms with E-state index in [1.165, 1.54) is 44.9 Å². The van der Waals surface area contributed by atoms with Crippen LogP contribution in [0.5, 0.6) is 0 Å². The monoisotopic (exact) mass is 300 g/mol. The smallest absolute Gasteiger partial charge is 0.0762 e. The minimum atomic E-state index is 0.393. The van der Waals surface area contributed by atoms with E-state index in [2.05, 4.69) is 32.9 Å². The molecule has 4 unspecified atom stereocenters. The molecule has 0 spiro atoms. The largest absolute Gasteiger partial charge is 0.371 e. The van der Waals surface area contributed by atoms with E-state index in [1.54, 1.807) is 0 Å². The molecule has 0 aromatic carbocycles. The maximum absolute atomic E-state index is 6.62. The van der Waals surface area contributed by atoms with Crippen molar-refractivity contribution in [1.29, 1.82) is 0 Å². The second-order valence-corrected chi connectivity index (χ2v) is 9.72. The SMILES string of the molecule is CC1OC2C=C[C@@]3(C)C(CC[C@H]4C3CC[C@]3(C)[C@@H]1CC[C@H]43)C2. The van der Waals surface area contributed by atoms with E-state index < -0.39 is 0 Å². The van der Waals surface area contributed by atoms with Crippen molar-refractivity contribution >= 4 is 0 Å². The molecule has 9 rings (SSSR count). The Bertz CT molecular complexity index is 510. The van der Waals surface area contributed by atoms with Gasteiger partial charge in [-0.2, -0.15) is 0 Å². The number of rotatable bonds is 0. The van der Waals surface area contributed by atoms with Crippen LogP contribution in [0, 0.1) is 40.4 Å². The molecule has 0 amide bonds. The first-order valence-corrected chi connectivity index (χ1v) is 9.87. The molecule has 122 valence electrons. The van der Waals surface area contributed by atoms with Gasteiger partial charge in [0.15, 0.2) is 0 Å².